The lowest BCUT2D eigenvalue weighted by molar-refractivity contribution is 0.0790. The zero-order valence-corrected chi connectivity index (χ0v) is 13.6. The highest BCUT2D eigenvalue weighted by atomic mass is 79.9. The summed E-state index contributed by atoms with van der Waals surface area (Å²) in [5.74, 6) is 0.0441. The maximum atomic E-state index is 12.3. The molecule has 0 saturated heterocycles. The van der Waals surface area contributed by atoms with Crippen LogP contribution in [0.4, 0.5) is 0 Å². The second kappa shape index (κ2) is 5.50. The van der Waals surface area contributed by atoms with Crippen LogP contribution in [0.15, 0.2) is 15.9 Å². The molecule has 6 heteroatoms. The minimum Gasteiger partial charge on any atom is -0.336 e. The molecule has 0 unspecified atom stereocenters. The lowest BCUT2D eigenvalue weighted by atomic mass is 10.3. The molecule has 0 bridgehead atoms. The van der Waals surface area contributed by atoms with E-state index in [2.05, 4.69) is 20.9 Å². The maximum absolute atomic E-state index is 12.3. The molecule has 0 radical (unpaired) electrons. The van der Waals surface area contributed by atoms with Gasteiger partial charge in [-0.25, -0.2) is 4.98 Å². The Kier molecular flexibility index (Phi) is 4.19. The van der Waals surface area contributed by atoms with Crippen molar-refractivity contribution in [3.63, 3.8) is 0 Å². The van der Waals surface area contributed by atoms with Gasteiger partial charge in [-0.1, -0.05) is 0 Å². The third-order valence-corrected chi connectivity index (χ3v) is 5.20. The quantitative estimate of drug-likeness (QED) is 0.846. The summed E-state index contributed by atoms with van der Waals surface area (Å²) < 4.78 is 1.06. The molecule has 2 aromatic heterocycles. The molecule has 0 fully saturated rings. The van der Waals surface area contributed by atoms with E-state index >= 15 is 0 Å². The average molecular weight is 345 g/mol. The summed E-state index contributed by atoms with van der Waals surface area (Å²) in [5, 5.41) is 2.96. The Labute approximate surface area is 123 Å². The normalized spacial score (nSPS) is 10.7. The van der Waals surface area contributed by atoms with Crippen LogP contribution in [0.2, 0.25) is 0 Å². The number of thiazole rings is 1. The molecule has 2 heterocycles. The number of hydrogen-bond acceptors (Lipinski definition) is 4. The molecule has 18 heavy (non-hydrogen) atoms. The highest BCUT2D eigenvalue weighted by molar-refractivity contribution is 9.10. The van der Waals surface area contributed by atoms with Crippen LogP contribution >= 0.6 is 38.6 Å². The van der Waals surface area contributed by atoms with Crippen molar-refractivity contribution in [1.82, 2.24) is 9.88 Å². The molecule has 3 nitrogen and oxygen atoms in total. The van der Waals surface area contributed by atoms with Crippen molar-refractivity contribution >= 4 is 44.5 Å². The number of nitrogens with zero attached hydrogens (tertiary/aromatic N) is 2. The third kappa shape index (κ3) is 2.99. The van der Waals surface area contributed by atoms with Crippen LogP contribution in [-0.2, 0) is 6.54 Å². The number of aromatic nitrogens is 1. The summed E-state index contributed by atoms with van der Waals surface area (Å²) in [5.41, 5.74) is 0.821. The first-order valence-electron chi connectivity index (χ1n) is 5.40. The van der Waals surface area contributed by atoms with Crippen LogP contribution in [0.1, 0.15) is 25.3 Å². The number of carbonyl (C=O) groups is 1. The smallest absolute Gasteiger partial charge is 0.265 e. The summed E-state index contributed by atoms with van der Waals surface area (Å²) in [6.45, 7) is 4.43. The monoisotopic (exact) mass is 344 g/mol. The molecule has 0 spiro atoms. The predicted molar refractivity (Wildman–Crippen MR) is 79.4 cm³/mol. The van der Waals surface area contributed by atoms with Crippen molar-refractivity contribution in [1.29, 1.82) is 0 Å². The molecule has 2 rings (SSSR count). The van der Waals surface area contributed by atoms with E-state index in [9.17, 15) is 4.79 Å². The van der Waals surface area contributed by atoms with E-state index in [0.29, 0.717) is 6.54 Å². The molecule has 0 atom stereocenters. The van der Waals surface area contributed by atoms with Crippen molar-refractivity contribution < 1.29 is 4.79 Å². The molecule has 96 valence electrons. The summed E-state index contributed by atoms with van der Waals surface area (Å²) in [6.07, 6.45) is 0. The summed E-state index contributed by atoms with van der Waals surface area (Å²) >= 11 is 6.52. The van der Waals surface area contributed by atoms with Crippen LogP contribution in [0.25, 0.3) is 0 Å². The molecule has 0 aliphatic rings. The number of halogens is 1. The number of aryl methyl sites for hydroxylation is 2. The zero-order valence-electron chi connectivity index (χ0n) is 10.4. The van der Waals surface area contributed by atoms with Gasteiger partial charge >= 0.3 is 0 Å². The minimum atomic E-state index is 0.0441. The second-order valence-corrected chi connectivity index (χ2v) is 7.15. The van der Waals surface area contributed by atoms with Gasteiger partial charge in [-0.3, -0.25) is 4.79 Å². The number of thiophene rings is 1. The Hall–Kier alpha value is -0.720. The van der Waals surface area contributed by atoms with Crippen molar-refractivity contribution in [2.75, 3.05) is 7.05 Å². The van der Waals surface area contributed by atoms with E-state index in [-0.39, 0.29) is 5.91 Å². The first kappa shape index (κ1) is 13.7. The first-order valence-corrected chi connectivity index (χ1v) is 7.88. The Morgan fingerprint density at radius 2 is 2.22 bits per heavy atom. The van der Waals surface area contributed by atoms with E-state index in [1.54, 1.807) is 16.2 Å². The standard InChI is InChI=1S/C12H13BrN2OS2/c1-7-11(18-8(2)14-7)12(16)15(3)5-10-4-9(13)6-17-10/h4,6H,5H2,1-3H3. The Morgan fingerprint density at radius 1 is 1.50 bits per heavy atom. The molecule has 0 aliphatic heterocycles. The fourth-order valence-electron chi connectivity index (χ4n) is 1.65. The zero-order chi connectivity index (χ0) is 13.3. The van der Waals surface area contributed by atoms with Gasteiger partial charge in [0.1, 0.15) is 4.88 Å². The fourth-order valence-corrected chi connectivity index (χ4v) is 4.06. The van der Waals surface area contributed by atoms with E-state index in [4.69, 9.17) is 0 Å². The lowest BCUT2D eigenvalue weighted by Gasteiger charge is -2.15. The van der Waals surface area contributed by atoms with Crippen LogP contribution in [0.5, 0.6) is 0 Å². The van der Waals surface area contributed by atoms with Crippen LogP contribution < -0.4 is 0 Å². The van der Waals surface area contributed by atoms with Crippen molar-refractivity contribution in [3.8, 4) is 0 Å². The summed E-state index contributed by atoms with van der Waals surface area (Å²) in [4.78, 5) is 20.2. The molecular formula is C12H13BrN2OS2. The van der Waals surface area contributed by atoms with Gasteiger partial charge in [-0.2, -0.15) is 0 Å². The number of carbonyl (C=O) groups excluding carboxylic acids is 1. The van der Waals surface area contributed by atoms with E-state index in [1.807, 2.05) is 32.3 Å². The average Bonchev–Trinajstić information content (AvgIpc) is 2.84. The largest absolute Gasteiger partial charge is 0.336 e. The third-order valence-electron chi connectivity index (χ3n) is 2.46. The molecule has 2 aromatic rings. The number of rotatable bonds is 3. The van der Waals surface area contributed by atoms with Gasteiger partial charge in [0.15, 0.2) is 0 Å². The van der Waals surface area contributed by atoms with Crippen LogP contribution in [-0.4, -0.2) is 22.8 Å². The second-order valence-electron chi connectivity index (χ2n) is 4.04. The van der Waals surface area contributed by atoms with Crippen molar-refractivity contribution in [2.24, 2.45) is 0 Å². The van der Waals surface area contributed by atoms with E-state index in [1.165, 1.54) is 11.3 Å². The maximum Gasteiger partial charge on any atom is 0.265 e. The highest BCUT2D eigenvalue weighted by Crippen LogP contribution is 2.23. The molecule has 0 aliphatic carbocycles. The van der Waals surface area contributed by atoms with Gasteiger partial charge in [-0.05, 0) is 35.8 Å². The molecule has 0 saturated carbocycles. The van der Waals surface area contributed by atoms with Gasteiger partial charge in [0.2, 0.25) is 0 Å². The van der Waals surface area contributed by atoms with Crippen molar-refractivity contribution in [2.45, 2.75) is 20.4 Å². The SMILES string of the molecule is Cc1nc(C)c(C(=O)N(C)Cc2cc(Br)cs2)s1. The Morgan fingerprint density at radius 3 is 2.72 bits per heavy atom. The Bertz CT molecular complexity index is 576. The van der Waals surface area contributed by atoms with Gasteiger partial charge in [0.05, 0.1) is 17.2 Å². The summed E-state index contributed by atoms with van der Waals surface area (Å²) in [7, 11) is 1.82. The minimum absolute atomic E-state index is 0.0441. The first-order chi connectivity index (χ1) is 8.47. The van der Waals surface area contributed by atoms with Gasteiger partial charge < -0.3 is 4.90 Å². The Balaban J connectivity index is 2.11. The molecule has 0 aromatic carbocycles. The highest BCUT2D eigenvalue weighted by Gasteiger charge is 2.18. The van der Waals surface area contributed by atoms with Gasteiger partial charge in [-0.15, -0.1) is 22.7 Å². The molecule has 0 N–H and O–H groups in total. The van der Waals surface area contributed by atoms with Gasteiger partial charge in [0.25, 0.3) is 5.91 Å². The van der Waals surface area contributed by atoms with E-state index < -0.39 is 0 Å². The molecular weight excluding hydrogens is 332 g/mol. The summed E-state index contributed by atoms with van der Waals surface area (Å²) in [6, 6.07) is 2.04. The van der Waals surface area contributed by atoms with Crippen LogP contribution in [0.3, 0.4) is 0 Å². The number of hydrogen-bond donors (Lipinski definition) is 0. The van der Waals surface area contributed by atoms with Crippen LogP contribution in [0, 0.1) is 13.8 Å². The topological polar surface area (TPSA) is 33.2 Å². The van der Waals surface area contributed by atoms with E-state index in [0.717, 1.165) is 24.9 Å². The predicted octanol–water partition coefficient (Wildman–Crippen LogP) is 3.86. The number of amides is 1. The fraction of sp³-hybridized carbons (Fsp3) is 0.333. The van der Waals surface area contributed by atoms with Crippen molar-refractivity contribution in [3.05, 3.63) is 36.4 Å². The lowest BCUT2D eigenvalue weighted by Crippen LogP contribution is -2.25. The van der Waals surface area contributed by atoms with Gasteiger partial charge in [0, 0.05) is 21.8 Å². The molecule has 1 amide bonds.